The molecule has 0 aromatic heterocycles. The molecule has 0 unspecified atom stereocenters. The summed E-state index contributed by atoms with van der Waals surface area (Å²) in [5, 5.41) is 12.7. The normalized spacial score (nSPS) is 11.5. The highest BCUT2D eigenvalue weighted by Crippen LogP contribution is 2.44. The Kier molecular flexibility index (Phi) is 6.89. The van der Waals surface area contributed by atoms with Crippen molar-refractivity contribution in [2.75, 3.05) is 4.90 Å². The number of rotatable bonds is 5. The zero-order valence-corrected chi connectivity index (χ0v) is 28.0. The van der Waals surface area contributed by atoms with Crippen LogP contribution in [0.1, 0.15) is 0 Å². The van der Waals surface area contributed by atoms with Crippen LogP contribution in [-0.4, -0.2) is 0 Å². The molecular weight excluding hydrogens is 615 g/mol. The monoisotopic (exact) mass is 647 g/mol. The van der Waals surface area contributed by atoms with E-state index >= 15 is 0 Å². The van der Waals surface area contributed by atoms with Gasteiger partial charge in [0.25, 0.3) is 0 Å². The highest BCUT2D eigenvalue weighted by Gasteiger charge is 2.19. The van der Waals surface area contributed by atoms with E-state index in [0.717, 1.165) is 17.1 Å². The van der Waals surface area contributed by atoms with Crippen LogP contribution in [0.5, 0.6) is 0 Å². The average Bonchev–Trinajstić information content (AvgIpc) is 3.21. The minimum atomic E-state index is 1.11. The summed E-state index contributed by atoms with van der Waals surface area (Å²) in [6.07, 6.45) is 0. The highest BCUT2D eigenvalue weighted by atomic mass is 15.1. The molecule has 10 aromatic rings. The molecule has 0 radical (unpaired) electrons. The van der Waals surface area contributed by atoms with E-state index in [4.69, 9.17) is 0 Å². The van der Waals surface area contributed by atoms with Crippen LogP contribution in [0.25, 0.3) is 76.1 Å². The summed E-state index contributed by atoms with van der Waals surface area (Å²) in [5.74, 6) is 0. The van der Waals surface area contributed by atoms with Crippen LogP contribution < -0.4 is 4.90 Å². The molecular formula is C50H33N. The second-order valence-corrected chi connectivity index (χ2v) is 13.3. The van der Waals surface area contributed by atoms with Crippen molar-refractivity contribution in [3.05, 3.63) is 200 Å². The number of nitrogens with zero attached hydrogens (tertiary/aromatic N) is 1. The van der Waals surface area contributed by atoms with E-state index in [2.05, 4.69) is 205 Å². The molecule has 0 amide bonds. The first-order valence-corrected chi connectivity index (χ1v) is 17.6. The summed E-state index contributed by atoms with van der Waals surface area (Å²) in [6, 6.07) is 73.1. The number of hydrogen-bond acceptors (Lipinski definition) is 1. The second-order valence-electron chi connectivity index (χ2n) is 13.3. The predicted octanol–water partition coefficient (Wildman–Crippen LogP) is 14.3. The van der Waals surface area contributed by atoms with Gasteiger partial charge in [0, 0.05) is 16.9 Å². The zero-order chi connectivity index (χ0) is 33.7. The first-order valence-electron chi connectivity index (χ1n) is 17.6. The van der Waals surface area contributed by atoms with Crippen LogP contribution in [-0.2, 0) is 0 Å². The fraction of sp³-hybridized carbons (Fsp3) is 0. The van der Waals surface area contributed by atoms with E-state index < -0.39 is 0 Å². The SMILES string of the molecule is c1ccc(-c2ccccc2N(c2cccc(-c3cccc4c3ccc3ccc5ccccc5c34)c2)c2ccc3c(ccc4ccccc43)c2)cc1. The summed E-state index contributed by atoms with van der Waals surface area (Å²) in [7, 11) is 0. The third-order valence-electron chi connectivity index (χ3n) is 10.4. The van der Waals surface area contributed by atoms with Crippen molar-refractivity contribution in [3.8, 4) is 22.3 Å². The number of fused-ring (bicyclic) bond motifs is 8. The van der Waals surface area contributed by atoms with E-state index in [1.807, 2.05) is 0 Å². The number of anilines is 3. The minimum Gasteiger partial charge on any atom is -0.310 e. The van der Waals surface area contributed by atoms with E-state index in [0.29, 0.717) is 0 Å². The van der Waals surface area contributed by atoms with Crippen molar-refractivity contribution in [1.29, 1.82) is 0 Å². The molecule has 1 nitrogen and oxygen atoms in total. The maximum atomic E-state index is 2.43. The summed E-state index contributed by atoms with van der Waals surface area (Å²) in [4.78, 5) is 2.43. The van der Waals surface area contributed by atoms with E-state index in [1.54, 1.807) is 0 Å². The summed E-state index contributed by atoms with van der Waals surface area (Å²) >= 11 is 0. The minimum absolute atomic E-state index is 1.11. The summed E-state index contributed by atoms with van der Waals surface area (Å²) < 4.78 is 0. The second kappa shape index (κ2) is 12.0. The first-order chi connectivity index (χ1) is 25.3. The topological polar surface area (TPSA) is 3.24 Å². The van der Waals surface area contributed by atoms with Gasteiger partial charge in [0.2, 0.25) is 0 Å². The smallest absolute Gasteiger partial charge is 0.0540 e. The van der Waals surface area contributed by atoms with Crippen LogP contribution in [0, 0.1) is 0 Å². The molecule has 0 spiro atoms. The van der Waals surface area contributed by atoms with Gasteiger partial charge in [-0.1, -0.05) is 170 Å². The van der Waals surface area contributed by atoms with Gasteiger partial charge in [-0.3, -0.25) is 0 Å². The Balaban J connectivity index is 1.19. The average molecular weight is 648 g/mol. The molecule has 0 bridgehead atoms. The lowest BCUT2D eigenvalue weighted by molar-refractivity contribution is 1.29. The first kappa shape index (κ1) is 29.2. The van der Waals surface area contributed by atoms with Crippen molar-refractivity contribution in [2.45, 2.75) is 0 Å². The van der Waals surface area contributed by atoms with Crippen molar-refractivity contribution in [2.24, 2.45) is 0 Å². The van der Waals surface area contributed by atoms with E-state index in [1.165, 1.54) is 76.1 Å². The van der Waals surface area contributed by atoms with E-state index in [9.17, 15) is 0 Å². The number of benzene rings is 10. The Bertz CT molecular complexity index is 2920. The van der Waals surface area contributed by atoms with E-state index in [-0.39, 0.29) is 0 Å². The molecule has 0 saturated heterocycles. The fourth-order valence-corrected chi connectivity index (χ4v) is 8.03. The summed E-state index contributed by atoms with van der Waals surface area (Å²) in [5.41, 5.74) is 8.15. The highest BCUT2D eigenvalue weighted by molar-refractivity contribution is 6.22. The molecule has 0 N–H and O–H groups in total. The van der Waals surface area contributed by atoms with Gasteiger partial charge in [0.05, 0.1) is 5.69 Å². The molecule has 0 fully saturated rings. The molecule has 0 aliphatic carbocycles. The van der Waals surface area contributed by atoms with Crippen molar-refractivity contribution < 1.29 is 0 Å². The number of hydrogen-bond donors (Lipinski definition) is 0. The van der Waals surface area contributed by atoms with Crippen molar-refractivity contribution in [3.63, 3.8) is 0 Å². The van der Waals surface area contributed by atoms with Crippen molar-refractivity contribution >= 4 is 70.9 Å². The molecule has 0 aliphatic rings. The van der Waals surface area contributed by atoms with Gasteiger partial charge >= 0.3 is 0 Å². The molecule has 0 atom stereocenters. The van der Waals surface area contributed by atoms with Crippen LogP contribution in [0.15, 0.2) is 200 Å². The zero-order valence-electron chi connectivity index (χ0n) is 28.0. The quantitative estimate of drug-likeness (QED) is 0.168. The third-order valence-corrected chi connectivity index (χ3v) is 10.4. The maximum Gasteiger partial charge on any atom is 0.0540 e. The van der Waals surface area contributed by atoms with Gasteiger partial charge < -0.3 is 4.90 Å². The molecule has 10 aromatic carbocycles. The standard InChI is InChI=1S/C50H33N/c1-2-12-34(13-3-1)45-19-8-9-23-49(45)51(41-29-31-44-39(33-41)27-25-35-14-4-6-18-42(35)44)40-17-10-16-38(32-40)43-21-11-22-48-47(43)30-28-37-26-24-36-15-5-7-20-46(36)50(37)48/h1-33H. The largest absolute Gasteiger partial charge is 0.310 e. The molecule has 10 rings (SSSR count). The lowest BCUT2D eigenvalue weighted by atomic mass is 9.92. The molecule has 1 heteroatoms. The maximum absolute atomic E-state index is 2.43. The van der Waals surface area contributed by atoms with Gasteiger partial charge in [-0.05, 0) is 101 Å². The molecule has 238 valence electrons. The van der Waals surface area contributed by atoms with Gasteiger partial charge in [-0.15, -0.1) is 0 Å². The van der Waals surface area contributed by atoms with Crippen LogP contribution in [0.4, 0.5) is 17.1 Å². The lowest BCUT2D eigenvalue weighted by Crippen LogP contribution is -2.11. The Labute approximate surface area is 297 Å². The Morgan fingerprint density at radius 1 is 0.275 bits per heavy atom. The van der Waals surface area contributed by atoms with Crippen LogP contribution >= 0.6 is 0 Å². The fourth-order valence-electron chi connectivity index (χ4n) is 8.03. The Hall–Kier alpha value is -6.70. The van der Waals surface area contributed by atoms with Crippen LogP contribution in [0.3, 0.4) is 0 Å². The van der Waals surface area contributed by atoms with Crippen LogP contribution in [0.2, 0.25) is 0 Å². The van der Waals surface area contributed by atoms with Gasteiger partial charge in [0.15, 0.2) is 0 Å². The molecule has 51 heavy (non-hydrogen) atoms. The molecule has 0 aliphatic heterocycles. The molecule has 0 saturated carbocycles. The van der Waals surface area contributed by atoms with Gasteiger partial charge in [-0.25, -0.2) is 0 Å². The lowest BCUT2D eigenvalue weighted by Gasteiger charge is -2.29. The Morgan fingerprint density at radius 3 is 1.73 bits per heavy atom. The number of para-hydroxylation sites is 1. The predicted molar refractivity (Wildman–Crippen MR) is 220 cm³/mol. The van der Waals surface area contributed by atoms with Gasteiger partial charge in [-0.2, -0.15) is 0 Å². The third kappa shape index (κ3) is 4.94. The molecule has 0 heterocycles. The summed E-state index contributed by atoms with van der Waals surface area (Å²) in [6.45, 7) is 0. The van der Waals surface area contributed by atoms with Crippen molar-refractivity contribution in [1.82, 2.24) is 0 Å². The Morgan fingerprint density at radius 2 is 0.843 bits per heavy atom. The van der Waals surface area contributed by atoms with Gasteiger partial charge in [0.1, 0.15) is 0 Å².